The van der Waals surface area contributed by atoms with Crippen LogP contribution < -0.4 is 16.0 Å². The van der Waals surface area contributed by atoms with E-state index in [4.69, 9.17) is 15.3 Å². The van der Waals surface area contributed by atoms with Crippen molar-refractivity contribution >= 4 is 12.0 Å². The second kappa shape index (κ2) is 18.0. The predicted octanol–water partition coefficient (Wildman–Crippen LogP) is 4.49. The molecule has 1 saturated heterocycles. The smallest absolute Gasteiger partial charge is 0.325 e. The lowest BCUT2D eigenvalue weighted by molar-refractivity contribution is -0.145. The summed E-state index contributed by atoms with van der Waals surface area (Å²) in [7, 11) is 0. The van der Waals surface area contributed by atoms with E-state index in [1.165, 1.54) is 51.0 Å². The number of hydrogen-bond donors (Lipinski definition) is 6. The van der Waals surface area contributed by atoms with Gasteiger partial charge in [0.25, 0.3) is 0 Å². The van der Waals surface area contributed by atoms with Gasteiger partial charge in [-0.15, -0.1) is 0 Å². The Labute approximate surface area is 231 Å². The van der Waals surface area contributed by atoms with E-state index in [0.29, 0.717) is 11.4 Å². The number of nitrogens with one attached hydrogen (secondary N) is 4. The van der Waals surface area contributed by atoms with Crippen LogP contribution in [0.2, 0.25) is 0 Å². The van der Waals surface area contributed by atoms with Crippen LogP contribution in [0.25, 0.3) is 0 Å². The number of aliphatic hydroxyl groups is 2. The number of urea groups is 1. The van der Waals surface area contributed by atoms with Crippen LogP contribution in [0.5, 0.6) is 0 Å². The Hall–Kier alpha value is -2.50. The molecular formula is C28H47F2N5O4. The molecule has 1 unspecified atom stereocenters. The number of unbranched alkanes of at least 4 members (excludes halogenated alkanes) is 9. The van der Waals surface area contributed by atoms with Crippen molar-refractivity contribution in [2.75, 3.05) is 13.2 Å². The number of aliphatic hydroxyl groups excluding tert-OH is 2. The summed E-state index contributed by atoms with van der Waals surface area (Å²) in [4.78, 5) is 13.0. The van der Waals surface area contributed by atoms with Gasteiger partial charge in [0.15, 0.2) is 12.1 Å². The summed E-state index contributed by atoms with van der Waals surface area (Å²) in [5.41, 5.74) is 0. The van der Waals surface area contributed by atoms with Crippen LogP contribution in [-0.2, 0) is 4.74 Å². The van der Waals surface area contributed by atoms with Crippen LogP contribution in [0.4, 0.5) is 13.6 Å². The third-order valence-electron chi connectivity index (χ3n) is 6.74. The first-order valence-corrected chi connectivity index (χ1v) is 14.3. The molecular weight excluding hydrogens is 508 g/mol. The molecule has 2 aliphatic heterocycles. The van der Waals surface area contributed by atoms with Gasteiger partial charge in [-0.25, -0.2) is 4.79 Å². The van der Waals surface area contributed by atoms with Gasteiger partial charge in [0.05, 0.1) is 6.61 Å². The molecule has 6 N–H and O–H groups in total. The molecule has 0 aliphatic carbocycles. The Morgan fingerprint density at radius 1 is 1.10 bits per heavy atom. The fourth-order valence-electron chi connectivity index (χ4n) is 4.42. The molecule has 0 aromatic heterocycles. The maximum Gasteiger partial charge on any atom is 0.325 e. The molecule has 0 aromatic rings. The lowest BCUT2D eigenvalue weighted by Gasteiger charge is -2.34. The minimum absolute atomic E-state index is 0.0132. The minimum Gasteiger partial charge on any atom is -0.394 e. The number of hydrogen-bond acceptors (Lipinski definition) is 5. The van der Waals surface area contributed by atoms with Gasteiger partial charge in [-0.3, -0.25) is 10.3 Å². The SMILES string of the molecule is CCCCC/C=C\C/C=C\CCCCCCCCNC(=N)NC1C=CN([C@@H]2O[C@H](CO)[C@@H](O)C2(F)F)C(=O)N1. The Morgan fingerprint density at radius 2 is 1.74 bits per heavy atom. The first kappa shape index (κ1) is 32.7. The fraction of sp³-hybridized carbons (Fsp3) is 0.714. The maximum atomic E-state index is 14.3. The highest BCUT2D eigenvalue weighted by Crippen LogP contribution is 2.38. The van der Waals surface area contributed by atoms with Crippen LogP contribution in [0.1, 0.15) is 84.0 Å². The summed E-state index contributed by atoms with van der Waals surface area (Å²) in [6.45, 7) is 2.04. The zero-order valence-corrected chi connectivity index (χ0v) is 23.1. The van der Waals surface area contributed by atoms with Gasteiger partial charge >= 0.3 is 12.0 Å². The van der Waals surface area contributed by atoms with Crippen molar-refractivity contribution in [3.05, 3.63) is 36.6 Å². The number of alkyl halides is 2. The molecule has 2 aliphatic rings. The van der Waals surface area contributed by atoms with Crippen LogP contribution in [0.3, 0.4) is 0 Å². The Balaban J connectivity index is 1.50. The fourth-order valence-corrected chi connectivity index (χ4v) is 4.42. The highest BCUT2D eigenvalue weighted by atomic mass is 19.3. The van der Waals surface area contributed by atoms with Gasteiger partial charge in [0.2, 0.25) is 6.23 Å². The zero-order chi connectivity index (χ0) is 28.5. The molecule has 39 heavy (non-hydrogen) atoms. The van der Waals surface area contributed by atoms with E-state index in [1.54, 1.807) is 0 Å². The van der Waals surface area contributed by atoms with Crippen molar-refractivity contribution in [1.82, 2.24) is 20.9 Å². The van der Waals surface area contributed by atoms with E-state index in [1.807, 2.05) is 0 Å². The molecule has 0 aromatic carbocycles. The normalized spacial score (nSPS) is 24.5. The van der Waals surface area contributed by atoms with Crippen LogP contribution >= 0.6 is 0 Å². The van der Waals surface area contributed by atoms with Crippen molar-refractivity contribution in [1.29, 1.82) is 5.41 Å². The number of amides is 2. The number of rotatable bonds is 18. The van der Waals surface area contributed by atoms with Gasteiger partial charge < -0.3 is 30.9 Å². The van der Waals surface area contributed by atoms with Crippen LogP contribution in [0, 0.1) is 5.41 Å². The largest absolute Gasteiger partial charge is 0.394 e. The van der Waals surface area contributed by atoms with E-state index in [-0.39, 0.29) is 5.96 Å². The summed E-state index contributed by atoms with van der Waals surface area (Å²) < 4.78 is 33.6. The summed E-state index contributed by atoms with van der Waals surface area (Å²) in [6.07, 6.45) is 19.0. The molecule has 2 amide bonds. The first-order chi connectivity index (χ1) is 18.8. The third kappa shape index (κ3) is 11.3. The van der Waals surface area contributed by atoms with Gasteiger partial charge in [-0.05, 0) is 44.6 Å². The average molecular weight is 556 g/mol. The number of halogens is 2. The Kier molecular flexibility index (Phi) is 15.1. The van der Waals surface area contributed by atoms with Crippen LogP contribution in [0.15, 0.2) is 36.6 Å². The first-order valence-electron chi connectivity index (χ1n) is 14.3. The summed E-state index contributed by atoms with van der Waals surface area (Å²) in [5, 5.41) is 34.9. The number of carbonyl (C=O) groups excluding carboxylic acids is 1. The van der Waals surface area contributed by atoms with Crippen molar-refractivity contribution < 1.29 is 28.5 Å². The van der Waals surface area contributed by atoms with E-state index < -0.39 is 43.2 Å². The maximum absolute atomic E-state index is 14.3. The second-order valence-corrected chi connectivity index (χ2v) is 10.0. The zero-order valence-electron chi connectivity index (χ0n) is 23.1. The predicted molar refractivity (Wildman–Crippen MR) is 148 cm³/mol. The van der Waals surface area contributed by atoms with Crippen molar-refractivity contribution in [3.63, 3.8) is 0 Å². The van der Waals surface area contributed by atoms with Crippen molar-refractivity contribution in [3.8, 4) is 0 Å². The van der Waals surface area contributed by atoms with Crippen molar-refractivity contribution in [2.24, 2.45) is 0 Å². The molecule has 0 bridgehead atoms. The second-order valence-electron chi connectivity index (χ2n) is 10.0. The van der Waals surface area contributed by atoms with E-state index in [2.05, 4.69) is 47.2 Å². The number of nitrogens with zero attached hydrogens (tertiary/aromatic N) is 1. The molecule has 4 atom stereocenters. The molecule has 1 fully saturated rings. The van der Waals surface area contributed by atoms with Gasteiger partial charge in [-0.2, -0.15) is 8.78 Å². The summed E-state index contributed by atoms with van der Waals surface area (Å²) >= 11 is 0. The Bertz CT molecular complexity index is 824. The number of allylic oxidation sites excluding steroid dienone is 4. The molecule has 222 valence electrons. The molecule has 2 rings (SSSR count). The number of guanidine groups is 1. The molecule has 0 spiro atoms. The quantitative estimate of drug-likeness (QED) is 0.0640. The highest BCUT2D eigenvalue weighted by Gasteiger charge is 2.61. The monoisotopic (exact) mass is 555 g/mol. The van der Waals surface area contributed by atoms with Crippen molar-refractivity contribution in [2.45, 2.75) is 114 Å². The van der Waals surface area contributed by atoms with E-state index >= 15 is 0 Å². The number of carbonyl (C=O) groups is 1. The van der Waals surface area contributed by atoms with E-state index in [0.717, 1.165) is 38.3 Å². The average Bonchev–Trinajstić information content (AvgIpc) is 3.14. The molecule has 9 nitrogen and oxygen atoms in total. The molecule has 0 saturated carbocycles. The minimum atomic E-state index is -3.74. The lowest BCUT2D eigenvalue weighted by Crippen LogP contribution is -2.59. The summed E-state index contributed by atoms with van der Waals surface area (Å²) in [6, 6.07) is -0.872. The number of ether oxygens (including phenoxy) is 1. The van der Waals surface area contributed by atoms with Gasteiger partial charge in [-0.1, -0.05) is 69.8 Å². The van der Waals surface area contributed by atoms with E-state index in [9.17, 15) is 18.7 Å². The Morgan fingerprint density at radius 3 is 2.36 bits per heavy atom. The molecule has 0 radical (unpaired) electrons. The molecule has 2 heterocycles. The highest BCUT2D eigenvalue weighted by molar-refractivity contribution is 5.80. The topological polar surface area (TPSA) is 130 Å². The third-order valence-corrected chi connectivity index (χ3v) is 6.74. The van der Waals surface area contributed by atoms with Gasteiger partial charge in [0.1, 0.15) is 12.3 Å². The standard InChI is InChI=1S/C28H47F2N5O4/c1-2-3-4-5-6-7-8-9-10-11-12-13-14-15-16-17-19-32-26(31)33-23-18-20-35(27(38)34-23)25-28(29,30)24(37)22(21-36)39-25/h6-7,9-10,18,20,22-25,36-37H,2-5,8,11-17,19,21H2,1H3,(H,34,38)(H3,31,32,33)/b7-6-,10-9-/t22-,23?,24-,25-/m1/s1. The summed E-state index contributed by atoms with van der Waals surface area (Å²) in [5.74, 6) is -3.73. The van der Waals surface area contributed by atoms with Gasteiger partial charge in [0, 0.05) is 12.7 Å². The molecule has 11 heteroatoms. The lowest BCUT2D eigenvalue weighted by atomic mass is 10.1. The van der Waals surface area contributed by atoms with Crippen LogP contribution in [-0.4, -0.2) is 70.8 Å².